The molecule has 1 saturated heterocycles. The van der Waals surface area contributed by atoms with Crippen LogP contribution in [0, 0.1) is 24.1 Å². The number of sulfonamides is 1. The van der Waals surface area contributed by atoms with Crippen LogP contribution in [-0.2, 0) is 14.8 Å². The fourth-order valence-corrected chi connectivity index (χ4v) is 5.82. The van der Waals surface area contributed by atoms with Crippen molar-refractivity contribution in [2.24, 2.45) is 0 Å². The van der Waals surface area contributed by atoms with E-state index in [0.29, 0.717) is 10.7 Å². The third kappa shape index (κ3) is 4.72. The Hall–Kier alpha value is -2.97. The second-order valence-electron chi connectivity index (χ2n) is 7.53. The molecule has 1 aromatic heterocycles. The number of aryl methyl sites for hydroxylation is 1. The highest BCUT2D eigenvalue weighted by Crippen LogP contribution is 2.30. The van der Waals surface area contributed by atoms with Gasteiger partial charge in [0.15, 0.2) is 11.7 Å². The van der Waals surface area contributed by atoms with E-state index in [2.05, 4.69) is 4.98 Å². The summed E-state index contributed by atoms with van der Waals surface area (Å²) in [5.74, 6) is -2.83. The largest absolute Gasteiger partial charge is 0.379 e. The number of halogens is 1. The molecule has 0 radical (unpaired) electrons. The lowest BCUT2D eigenvalue weighted by Gasteiger charge is -2.26. The van der Waals surface area contributed by atoms with Crippen LogP contribution in [0.2, 0.25) is 0 Å². The van der Waals surface area contributed by atoms with Crippen molar-refractivity contribution in [2.45, 2.75) is 17.7 Å². The smallest absolute Gasteiger partial charge is 0.246 e. The second kappa shape index (κ2) is 9.49. The fourth-order valence-electron chi connectivity index (χ4n) is 3.45. The fraction of sp³-hybridized carbons (Fsp3) is 0.261. The number of hydrogen-bond acceptors (Lipinski definition) is 7. The van der Waals surface area contributed by atoms with Crippen molar-refractivity contribution in [3.8, 4) is 17.3 Å². The number of Topliss-reactive ketones (excluding diaryl/α,β-unsaturated/α-hetero) is 1. The maximum absolute atomic E-state index is 14.5. The first-order valence-electron chi connectivity index (χ1n) is 10.1. The topological polar surface area (TPSA) is 100 Å². The average molecular weight is 486 g/mol. The Labute approximate surface area is 195 Å². The molecule has 1 atom stereocenters. The van der Waals surface area contributed by atoms with E-state index in [1.54, 1.807) is 5.38 Å². The number of thiazole rings is 1. The lowest BCUT2D eigenvalue weighted by Crippen LogP contribution is -2.41. The Morgan fingerprint density at radius 2 is 1.91 bits per heavy atom. The molecule has 3 aromatic rings. The van der Waals surface area contributed by atoms with E-state index in [4.69, 9.17) is 4.74 Å². The van der Waals surface area contributed by atoms with Crippen molar-refractivity contribution in [2.75, 3.05) is 26.3 Å². The van der Waals surface area contributed by atoms with Gasteiger partial charge in [0.1, 0.15) is 15.7 Å². The lowest BCUT2D eigenvalue weighted by molar-refractivity contribution is 0.0729. The number of hydrogen-bond donors (Lipinski definition) is 0. The van der Waals surface area contributed by atoms with Crippen molar-refractivity contribution in [3.63, 3.8) is 0 Å². The van der Waals surface area contributed by atoms with Crippen LogP contribution in [0.3, 0.4) is 0 Å². The molecule has 0 saturated carbocycles. The van der Waals surface area contributed by atoms with Gasteiger partial charge in [0, 0.05) is 29.6 Å². The average Bonchev–Trinajstić information content (AvgIpc) is 3.30. The highest BCUT2D eigenvalue weighted by molar-refractivity contribution is 7.89. The predicted octanol–water partition coefficient (Wildman–Crippen LogP) is 3.77. The van der Waals surface area contributed by atoms with Gasteiger partial charge in [0.05, 0.1) is 25.0 Å². The number of nitrogens with zero attached hydrogens (tertiary/aromatic N) is 3. The Morgan fingerprint density at radius 3 is 2.58 bits per heavy atom. The zero-order chi connectivity index (χ0) is 23.6. The molecule has 10 heteroatoms. The SMILES string of the molecule is Cc1ccc(-c2csc(C(C#N)C(=O)c3ccc(F)c(S(=O)(=O)N4CCOCC4)c3)n2)cc1. The molecule has 2 heterocycles. The summed E-state index contributed by atoms with van der Waals surface area (Å²) >= 11 is 1.17. The van der Waals surface area contributed by atoms with Crippen molar-refractivity contribution >= 4 is 27.1 Å². The van der Waals surface area contributed by atoms with Crippen molar-refractivity contribution in [3.05, 3.63) is 69.8 Å². The van der Waals surface area contributed by atoms with Gasteiger partial charge < -0.3 is 4.74 Å². The number of rotatable bonds is 6. The van der Waals surface area contributed by atoms with Gasteiger partial charge in [-0.25, -0.2) is 17.8 Å². The third-order valence-electron chi connectivity index (χ3n) is 5.31. The van der Waals surface area contributed by atoms with Gasteiger partial charge in [0.2, 0.25) is 10.0 Å². The first-order chi connectivity index (χ1) is 15.8. The minimum absolute atomic E-state index is 0.0677. The quantitative estimate of drug-likeness (QED) is 0.493. The first kappa shape index (κ1) is 23.2. The molecule has 1 fully saturated rings. The number of ketones is 1. The minimum Gasteiger partial charge on any atom is -0.379 e. The van der Waals surface area contributed by atoms with Crippen molar-refractivity contribution in [1.29, 1.82) is 5.26 Å². The van der Waals surface area contributed by atoms with E-state index >= 15 is 0 Å². The minimum atomic E-state index is -4.15. The van der Waals surface area contributed by atoms with Crippen LogP contribution in [0.25, 0.3) is 11.3 Å². The Bertz CT molecular complexity index is 1320. The molecule has 0 aliphatic carbocycles. The maximum Gasteiger partial charge on any atom is 0.246 e. The summed E-state index contributed by atoms with van der Waals surface area (Å²) in [5, 5.41) is 11.7. The molecule has 1 aliphatic heterocycles. The second-order valence-corrected chi connectivity index (χ2v) is 10.3. The molecule has 0 N–H and O–H groups in total. The third-order valence-corrected chi connectivity index (χ3v) is 8.13. The molecule has 0 amide bonds. The molecule has 170 valence electrons. The summed E-state index contributed by atoms with van der Waals surface area (Å²) in [5.41, 5.74) is 2.52. The van der Waals surface area contributed by atoms with Gasteiger partial charge in [-0.1, -0.05) is 29.8 Å². The number of ether oxygens (including phenoxy) is 1. The monoisotopic (exact) mass is 485 g/mol. The summed E-state index contributed by atoms with van der Waals surface area (Å²) in [7, 11) is -4.15. The molecule has 2 aromatic carbocycles. The molecule has 0 bridgehead atoms. The zero-order valence-electron chi connectivity index (χ0n) is 17.7. The number of nitriles is 1. The summed E-state index contributed by atoms with van der Waals surface area (Å²) in [6.45, 7) is 2.59. The zero-order valence-corrected chi connectivity index (χ0v) is 19.3. The molecular weight excluding hydrogens is 465 g/mol. The van der Waals surface area contributed by atoms with Crippen LogP contribution >= 0.6 is 11.3 Å². The van der Waals surface area contributed by atoms with Crippen molar-refractivity contribution < 1.29 is 22.3 Å². The summed E-state index contributed by atoms with van der Waals surface area (Å²) < 4.78 is 46.6. The Balaban J connectivity index is 1.64. The summed E-state index contributed by atoms with van der Waals surface area (Å²) in [4.78, 5) is 17.0. The number of morpholine rings is 1. The molecule has 1 unspecified atom stereocenters. The Kier molecular flexibility index (Phi) is 6.67. The highest BCUT2D eigenvalue weighted by atomic mass is 32.2. The van der Waals surface area contributed by atoms with Crippen LogP contribution in [0.1, 0.15) is 26.8 Å². The number of benzene rings is 2. The number of carbonyl (C=O) groups is 1. The summed E-state index contributed by atoms with van der Waals surface area (Å²) in [6, 6.07) is 12.8. The standard InChI is InChI=1S/C23H20FN3O4S2/c1-15-2-4-16(5-3-15)20-14-32-23(26-20)18(13-25)22(28)17-6-7-19(24)21(12-17)33(29,30)27-8-10-31-11-9-27/h2-7,12,14,18H,8-11H2,1H3. The molecule has 33 heavy (non-hydrogen) atoms. The van der Waals surface area contributed by atoms with E-state index in [9.17, 15) is 22.9 Å². The number of aromatic nitrogens is 1. The van der Waals surface area contributed by atoms with E-state index in [-0.39, 0.29) is 31.9 Å². The van der Waals surface area contributed by atoms with Gasteiger partial charge in [-0.2, -0.15) is 9.57 Å². The van der Waals surface area contributed by atoms with Crippen LogP contribution in [0.5, 0.6) is 0 Å². The van der Waals surface area contributed by atoms with Crippen LogP contribution in [-0.4, -0.2) is 49.8 Å². The van der Waals surface area contributed by atoms with Gasteiger partial charge in [-0.3, -0.25) is 4.79 Å². The van der Waals surface area contributed by atoms with Gasteiger partial charge in [-0.05, 0) is 25.1 Å². The van der Waals surface area contributed by atoms with Gasteiger partial charge >= 0.3 is 0 Å². The molecular formula is C23H20FN3O4S2. The van der Waals surface area contributed by atoms with E-state index in [0.717, 1.165) is 27.6 Å². The maximum atomic E-state index is 14.5. The van der Waals surface area contributed by atoms with Crippen molar-refractivity contribution in [1.82, 2.24) is 9.29 Å². The van der Waals surface area contributed by atoms with Crippen LogP contribution in [0.15, 0.2) is 52.7 Å². The predicted molar refractivity (Wildman–Crippen MR) is 121 cm³/mol. The van der Waals surface area contributed by atoms with E-state index < -0.39 is 32.4 Å². The van der Waals surface area contributed by atoms with Gasteiger partial charge in [0.25, 0.3) is 0 Å². The van der Waals surface area contributed by atoms with E-state index in [1.807, 2.05) is 37.3 Å². The molecule has 7 nitrogen and oxygen atoms in total. The first-order valence-corrected chi connectivity index (χ1v) is 12.5. The Morgan fingerprint density at radius 1 is 1.21 bits per heavy atom. The van der Waals surface area contributed by atoms with E-state index in [1.165, 1.54) is 17.4 Å². The normalized spacial score (nSPS) is 15.7. The molecule has 4 rings (SSSR count). The lowest BCUT2D eigenvalue weighted by atomic mass is 9.99. The van der Waals surface area contributed by atoms with Crippen LogP contribution in [0.4, 0.5) is 4.39 Å². The number of carbonyl (C=O) groups excluding carboxylic acids is 1. The summed E-state index contributed by atoms with van der Waals surface area (Å²) in [6.07, 6.45) is 0. The molecule has 1 aliphatic rings. The highest BCUT2D eigenvalue weighted by Gasteiger charge is 2.31. The van der Waals surface area contributed by atoms with Crippen LogP contribution < -0.4 is 0 Å². The molecule has 0 spiro atoms. The van der Waals surface area contributed by atoms with Gasteiger partial charge in [-0.15, -0.1) is 11.3 Å².